The van der Waals surface area contributed by atoms with Gasteiger partial charge in [0.15, 0.2) is 5.82 Å². The minimum atomic E-state index is 0.243. The minimum absolute atomic E-state index is 0.243. The van der Waals surface area contributed by atoms with Crippen LogP contribution in [0.5, 0.6) is 5.75 Å². The third-order valence-corrected chi connectivity index (χ3v) is 7.56. The van der Waals surface area contributed by atoms with Gasteiger partial charge in [-0.1, -0.05) is 6.07 Å². The van der Waals surface area contributed by atoms with E-state index in [0.717, 1.165) is 84.3 Å². The standard InChI is InChI=1S/C27H31N7O2/c1-17-11-20-13-29-26(32-24(20)25(30-17)34-9-7-27(15-34)8-10-36-16-27)31-21-6-5-19(12-23(21)35-4)22-14-28-18(2)33(22)3/h5-6,11-14H,7-10,15-16H2,1-4H3,(H,29,31,32). The van der Waals surface area contributed by atoms with Crippen LogP contribution in [0, 0.1) is 19.3 Å². The van der Waals surface area contributed by atoms with E-state index in [0.29, 0.717) is 11.7 Å². The van der Waals surface area contributed by atoms with Crippen molar-refractivity contribution in [3.05, 3.63) is 48.2 Å². The molecule has 2 aliphatic heterocycles. The first kappa shape index (κ1) is 22.7. The van der Waals surface area contributed by atoms with Crippen molar-refractivity contribution in [2.45, 2.75) is 26.7 Å². The lowest BCUT2D eigenvalue weighted by Crippen LogP contribution is -2.28. The van der Waals surface area contributed by atoms with Gasteiger partial charge < -0.3 is 24.3 Å². The normalized spacial score (nSPS) is 19.5. The number of ether oxygens (including phenoxy) is 2. The molecule has 0 saturated carbocycles. The molecule has 6 rings (SSSR count). The number of hydrogen-bond acceptors (Lipinski definition) is 8. The highest BCUT2D eigenvalue weighted by atomic mass is 16.5. The second-order valence-electron chi connectivity index (χ2n) is 9.98. The Hall–Kier alpha value is -3.72. The fourth-order valence-electron chi connectivity index (χ4n) is 5.37. The number of rotatable bonds is 5. The molecular weight excluding hydrogens is 454 g/mol. The number of imidazole rings is 1. The molecule has 0 aliphatic carbocycles. The predicted molar refractivity (Wildman–Crippen MR) is 140 cm³/mol. The summed E-state index contributed by atoms with van der Waals surface area (Å²) in [6.45, 7) is 7.62. The molecular formula is C27H31N7O2. The summed E-state index contributed by atoms with van der Waals surface area (Å²) < 4.78 is 13.5. The molecule has 1 atom stereocenters. The number of aromatic nitrogens is 5. The van der Waals surface area contributed by atoms with Crippen molar-refractivity contribution in [2.24, 2.45) is 12.5 Å². The van der Waals surface area contributed by atoms with E-state index in [9.17, 15) is 0 Å². The molecule has 1 spiro atoms. The van der Waals surface area contributed by atoms with Crippen LogP contribution in [0.1, 0.15) is 24.4 Å². The van der Waals surface area contributed by atoms with E-state index in [4.69, 9.17) is 19.4 Å². The van der Waals surface area contributed by atoms with Crippen LogP contribution in [-0.2, 0) is 11.8 Å². The lowest BCUT2D eigenvalue weighted by molar-refractivity contribution is 0.160. The van der Waals surface area contributed by atoms with E-state index in [2.05, 4.69) is 24.8 Å². The van der Waals surface area contributed by atoms with E-state index >= 15 is 0 Å². The number of benzene rings is 1. The SMILES string of the molecule is COc1cc(-c2cnc(C)n2C)ccc1Nc1ncc2cc(C)nc(N3CCC4(CCOC4)C3)c2n1. The van der Waals surface area contributed by atoms with Crippen LogP contribution < -0.4 is 15.0 Å². The zero-order chi connectivity index (χ0) is 24.9. The van der Waals surface area contributed by atoms with Crippen molar-refractivity contribution >= 4 is 28.4 Å². The molecule has 0 amide bonds. The van der Waals surface area contributed by atoms with E-state index < -0.39 is 0 Å². The molecule has 0 radical (unpaired) electrons. The first-order chi connectivity index (χ1) is 17.4. The third-order valence-electron chi connectivity index (χ3n) is 7.56. The molecule has 1 aromatic carbocycles. The predicted octanol–water partition coefficient (Wildman–Crippen LogP) is 4.41. The van der Waals surface area contributed by atoms with Gasteiger partial charge in [0.2, 0.25) is 5.95 Å². The molecule has 2 fully saturated rings. The number of anilines is 3. The van der Waals surface area contributed by atoms with Gasteiger partial charge in [-0.05, 0) is 44.9 Å². The Morgan fingerprint density at radius 1 is 1.08 bits per heavy atom. The first-order valence-electron chi connectivity index (χ1n) is 12.4. The van der Waals surface area contributed by atoms with Gasteiger partial charge in [-0.3, -0.25) is 0 Å². The largest absolute Gasteiger partial charge is 0.495 e. The number of nitrogens with zero attached hydrogens (tertiary/aromatic N) is 6. The average molecular weight is 486 g/mol. The Labute approximate surface area is 210 Å². The number of aryl methyl sites for hydroxylation is 2. The third kappa shape index (κ3) is 3.93. The Bertz CT molecular complexity index is 1440. The number of hydrogen-bond donors (Lipinski definition) is 1. The Balaban J connectivity index is 1.33. The summed E-state index contributed by atoms with van der Waals surface area (Å²) in [5, 5.41) is 4.35. The second-order valence-corrected chi connectivity index (χ2v) is 9.98. The highest BCUT2D eigenvalue weighted by Gasteiger charge is 2.42. The van der Waals surface area contributed by atoms with Crippen LogP contribution in [0.4, 0.5) is 17.5 Å². The molecule has 9 nitrogen and oxygen atoms in total. The molecule has 3 aromatic heterocycles. The lowest BCUT2D eigenvalue weighted by atomic mass is 9.87. The Morgan fingerprint density at radius 3 is 2.72 bits per heavy atom. The summed E-state index contributed by atoms with van der Waals surface area (Å²) >= 11 is 0. The number of pyridine rings is 1. The van der Waals surface area contributed by atoms with Crippen LogP contribution in [0.25, 0.3) is 22.2 Å². The maximum atomic E-state index is 5.73. The molecule has 5 heterocycles. The van der Waals surface area contributed by atoms with Gasteiger partial charge >= 0.3 is 0 Å². The van der Waals surface area contributed by atoms with Crippen LogP contribution in [-0.4, -0.2) is 57.9 Å². The summed E-state index contributed by atoms with van der Waals surface area (Å²) in [4.78, 5) is 21.2. The first-order valence-corrected chi connectivity index (χ1v) is 12.4. The van der Waals surface area contributed by atoms with Gasteiger partial charge in [-0.15, -0.1) is 0 Å². The van der Waals surface area contributed by atoms with Gasteiger partial charge in [-0.25, -0.2) is 19.9 Å². The Kier molecular flexibility index (Phi) is 5.52. The maximum Gasteiger partial charge on any atom is 0.227 e. The van der Waals surface area contributed by atoms with Crippen molar-refractivity contribution in [3.8, 4) is 17.0 Å². The number of fused-ring (bicyclic) bond motifs is 1. The molecule has 2 aliphatic rings. The van der Waals surface area contributed by atoms with Crippen LogP contribution in [0.15, 0.2) is 36.7 Å². The smallest absolute Gasteiger partial charge is 0.227 e. The average Bonchev–Trinajstić information content (AvgIpc) is 3.61. The molecule has 1 N–H and O–H groups in total. The molecule has 9 heteroatoms. The molecule has 0 bridgehead atoms. The van der Waals surface area contributed by atoms with E-state index in [1.165, 1.54) is 0 Å². The van der Waals surface area contributed by atoms with Gasteiger partial charge in [0.05, 0.1) is 31.3 Å². The van der Waals surface area contributed by atoms with E-state index in [1.807, 2.05) is 57.6 Å². The molecule has 36 heavy (non-hydrogen) atoms. The summed E-state index contributed by atoms with van der Waals surface area (Å²) in [5.74, 6) is 3.10. The van der Waals surface area contributed by atoms with E-state index in [-0.39, 0.29) is 5.41 Å². The van der Waals surface area contributed by atoms with Gasteiger partial charge in [0, 0.05) is 55.0 Å². The molecule has 1 unspecified atom stereocenters. The van der Waals surface area contributed by atoms with Gasteiger partial charge in [-0.2, -0.15) is 0 Å². The zero-order valence-corrected chi connectivity index (χ0v) is 21.2. The van der Waals surface area contributed by atoms with Crippen molar-refractivity contribution in [2.75, 3.05) is 43.6 Å². The van der Waals surface area contributed by atoms with Gasteiger partial charge in [0.1, 0.15) is 17.1 Å². The monoisotopic (exact) mass is 485 g/mol. The number of methoxy groups -OCH3 is 1. The molecule has 2 saturated heterocycles. The highest BCUT2D eigenvalue weighted by Crippen LogP contribution is 2.41. The lowest BCUT2D eigenvalue weighted by Gasteiger charge is -2.23. The van der Waals surface area contributed by atoms with Crippen molar-refractivity contribution in [1.29, 1.82) is 0 Å². The summed E-state index contributed by atoms with van der Waals surface area (Å²) in [6, 6.07) is 8.08. The highest BCUT2D eigenvalue weighted by molar-refractivity contribution is 5.89. The zero-order valence-electron chi connectivity index (χ0n) is 21.2. The van der Waals surface area contributed by atoms with Crippen LogP contribution in [0.2, 0.25) is 0 Å². The van der Waals surface area contributed by atoms with Crippen molar-refractivity contribution < 1.29 is 9.47 Å². The fraction of sp³-hybridized carbons (Fsp3) is 0.407. The fourth-order valence-corrected chi connectivity index (χ4v) is 5.37. The maximum absolute atomic E-state index is 5.73. The number of nitrogens with one attached hydrogen (secondary N) is 1. The van der Waals surface area contributed by atoms with Crippen molar-refractivity contribution in [3.63, 3.8) is 0 Å². The summed E-state index contributed by atoms with van der Waals surface area (Å²) in [6.07, 6.45) is 5.98. The van der Waals surface area contributed by atoms with Crippen LogP contribution >= 0.6 is 0 Å². The van der Waals surface area contributed by atoms with Crippen LogP contribution in [0.3, 0.4) is 0 Å². The second kappa shape index (κ2) is 8.74. The van der Waals surface area contributed by atoms with E-state index in [1.54, 1.807) is 7.11 Å². The minimum Gasteiger partial charge on any atom is -0.495 e. The topological polar surface area (TPSA) is 90.2 Å². The molecule has 4 aromatic rings. The summed E-state index contributed by atoms with van der Waals surface area (Å²) in [5.41, 5.74) is 4.92. The summed E-state index contributed by atoms with van der Waals surface area (Å²) in [7, 11) is 3.68. The van der Waals surface area contributed by atoms with Gasteiger partial charge in [0.25, 0.3) is 0 Å². The van der Waals surface area contributed by atoms with Crippen molar-refractivity contribution in [1.82, 2.24) is 24.5 Å². The molecule has 186 valence electrons. The quantitative estimate of drug-likeness (QED) is 0.445. The Morgan fingerprint density at radius 2 is 1.97 bits per heavy atom.